The SMILES string of the molecule is CC(C)OP([O-])(=S)SC(C)C.NCCCCN. The van der Waals surface area contributed by atoms with Crippen LogP contribution >= 0.6 is 17.1 Å². The summed E-state index contributed by atoms with van der Waals surface area (Å²) in [6.45, 7) is 9.12. The van der Waals surface area contributed by atoms with Crippen LogP contribution in [0.3, 0.4) is 0 Å². The molecule has 0 saturated heterocycles. The molecule has 4 nitrogen and oxygen atoms in total. The quantitative estimate of drug-likeness (QED) is 0.551. The molecule has 0 bridgehead atoms. The zero-order valence-corrected chi connectivity index (χ0v) is 13.7. The molecule has 0 aromatic heterocycles. The fourth-order valence-corrected chi connectivity index (χ4v) is 6.19. The van der Waals surface area contributed by atoms with E-state index in [1.165, 1.54) is 11.4 Å². The molecule has 17 heavy (non-hydrogen) atoms. The molecular formula is C10H26N2O2PS2-. The van der Waals surface area contributed by atoms with E-state index in [4.69, 9.17) is 27.8 Å². The predicted molar refractivity (Wildman–Crippen MR) is 80.6 cm³/mol. The Kier molecular flexibility index (Phi) is 14.1. The molecule has 0 aliphatic heterocycles. The first-order valence-electron chi connectivity index (χ1n) is 5.83. The second-order valence-corrected chi connectivity index (χ2v) is 10.5. The summed E-state index contributed by atoms with van der Waals surface area (Å²) < 4.78 is 5.08. The number of rotatable bonds is 7. The van der Waals surface area contributed by atoms with Crippen molar-refractivity contribution < 1.29 is 9.42 Å². The molecule has 1 unspecified atom stereocenters. The van der Waals surface area contributed by atoms with Crippen LogP contribution in [-0.4, -0.2) is 24.4 Å². The molecule has 0 aromatic carbocycles. The molecule has 0 radical (unpaired) electrons. The van der Waals surface area contributed by atoms with Gasteiger partial charge in [-0.1, -0.05) is 25.7 Å². The molecule has 0 heterocycles. The van der Waals surface area contributed by atoms with Crippen LogP contribution in [0, 0.1) is 0 Å². The van der Waals surface area contributed by atoms with Gasteiger partial charge in [-0.15, -0.1) is 11.4 Å². The van der Waals surface area contributed by atoms with Crippen molar-refractivity contribution in [1.82, 2.24) is 0 Å². The van der Waals surface area contributed by atoms with Gasteiger partial charge in [-0.25, -0.2) is 0 Å². The van der Waals surface area contributed by atoms with Gasteiger partial charge in [0.05, 0.1) is 6.10 Å². The Balaban J connectivity index is 0. The summed E-state index contributed by atoms with van der Waals surface area (Å²) in [7, 11) is 0. The Morgan fingerprint density at radius 3 is 1.82 bits per heavy atom. The molecule has 0 amide bonds. The second-order valence-electron chi connectivity index (χ2n) is 4.04. The van der Waals surface area contributed by atoms with Crippen molar-refractivity contribution in [2.24, 2.45) is 11.5 Å². The van der Waals surface area contributed by atoms with Crippen LogP contribution < -0.4 is 16.4 Å². The van der Waals surface area contributed by atoms with Gasteiger partial charge in [0.25, 0.3) is 0 Å². The fraction of sp³-hybridized carbons (Fsp3) is 1.00. The van der Waals surface area contributed by atoms with Gasteiger partial charge in [0.2, 0.25) is 0 Å². The Morgan fingerprint density at radius 1 is 1.18 bits per heavy atom. The van der Waals surface area contributed by atoms with Gasteiger partial charge >= 0.3 is 0 Å². The van der Waals surface area contributed by atoms with E-state index in [2.05, 4.69) is 0 Å². The van der Waals surface area contributed by atoms with E-state index in [0.717, 1.165) is 25.9 Å². The highest BCUT2D eigenvalue weighted by Crippen LogP contribution is 2.54. The van der Waals surface area contributed by atoms with E-state index in [-0.39, 0.29) is 11.4 Å². The minimum atomic E-state index is -2.80. The zero-order chi connectivity index (χ0) is 13.9. The van der Waals surface area contributed by atoms with Crippen LogP contribution in [0.4, 0.5) is 0 Å². The van der Waals surface area contributed by atoms with E-state index in [9.17, 15) is 4.89 Å². The van der Waals surface area contributed by atoms with Crippen molar-refractivity contribution in [1.29, 1.82) is 0 Å². The summed E-state index contributed by atoms with van der Waals surface area (Å²) in [5.41, 5.74) is 7.51. The number of hydrogen-bond donors (Lipinski definition) is 2. The van der Waals surface area contributed by atoms with Crippen molar-refractivity contribution in [2.75, 3.05) is 13.1 Å². The van der Waals surface area contributed by atoms with E-state index in [1.54, 1.807) is 0 Å². The topological polar surface area (TPSA) is 84.3 Å². The maximum absolute atomic E-state index is 11.4. The minimum absolute atomic E-state index is 0.0513. The molecule has 106 valence electrons. The summed E-state index contributed by atoms with van der Waals surface area (Å²) in [6.07, 6.45) is 2.08. The van der Waals surface area contributed by atoms with Crippen LogP contribution in [0.25, 0.3) is 0 Å². The van der Waals surface area contributed by atoms with Crippen molar-refractivity contribution in [3.8, 4) is 0 Å². The zero-order valence-electron chi connectivity index (χ0n) is 11.2. The lowest BCUT2D eigenvalue weighted by Gasteiger charge is -2.30. The smallest absolute Gasteiger partial charge is 0.0566 e. The van der Waals surface area contributed by atoms with Gasteiger partial charge in [-0.05, 0) is 39.8 Å². The molecule has 7 heteroatoms. The lowest BCUT2D eigenvalue weighted by molar-refractivity contribution is -0.177. The first-order valence-corrected chi connectivity index (χ1v) is 9.95. The summed E-state index contributed by atoms with van der Waals surface area (Å²) in [5.74, 6) is 0. The van der Waals surface area contributed by atoms with E-state index in [1.807, 2.05) is 27.7 Å². The summed E-state index contributed by atoms with van der Waals surface area (Å²) in [6, 6.07) is 0. The second kappa shape index (κ2) is 11.9. The van der Waals surface area contributed by atoms with Gasteiger partial charge in [-0.3, -0.25) is 0 Å². The highest BCUT2D eigenvalue weighted by molar-refractivity contribution is 8.67. The molecule has 4 N–H and O–H groups in total. The first kappa shape index (κ1) is 20.2. The number of unbranched alkanes of at least 4 members (excludes halogenated alkanes) is 1. The van der Waals surface area contributed by atoms with Crippen LogP contribution in [0.1, 0.15) is 40.5 Å². The van der Waals surface area contributed by atoms with Crippen LogP contribution in [-0.2, 0) is 16.3 Å². The van der Waals surface area contributed by atoms with Crippen LogP contribution in [0.2, 0.25) is 0 Å². The third-order valence-corrected chi connectivity index (χ3v) is 6.03. The Morgan fingerprint density at radius 2 is 1.59 bits per heavy atom. The van der Waals surface area contributed by atoms with Gasteiger partial charge < -0.3 is 20.9 Å². The highest BCUT2D eigenvalue weighted by atomic mass is 32.9. The normalized spacial score (nSPS) is 14.4. The molecule has 0 aliphatic rings. The molecule has 0 spiro atoms. The Bertz CT molecular complexity index is 198. The minimum Gasteiger partial charge on any atom is -0.793 e. The molecule has 0 rings (SSSR count). The van der Waals surface area contributed by atoms with E-state index >= 15 is 0 Å². The van der Waals surface area contributed by atoms with Crippen LogP contribution in [0.15, 0.2) is 0 Å². The molecule has 0 aliphatic carbocycles. The van der Waals surface area contributed by atoms with E-state index < -0.39 is 5.69 Å². The summed E-state index contributed by atoms with van der Waals surface area (Å²) in [4.78, 5) is 11.4. The van der Waals surface area contributed by atoms with Gasteiger partial charge in [0, 0.05) is 10.9 Å². The Labute approximate surface area is 115 Å². The average molecular weight is 301 g/mol. The average Bonchev–Trinajstić information content (AvgIpc) is 2.11. The van der Waals surface area contributed by atoms with Crippen molar-refractivity contribution >= 4 is 28.9 Å². The number of hydrogen-bond acceptors (Lipinski definition) is 6. The molecule has 0 saturated carbocycles. The summed E-state index contributed by atoms with van der Waals surface area (Å²) in [5, 5.41) is 0.261. The summed E-state index contributed by atoms with van der Waals surface area (Å²) >= 11 is 6.03. The third-order valence-electron chi connectivity index (χ3n) is 1.34. The standard InChI is InChI=1S/C6H15O2PS2.C4H12N2/c1-5(2)8-9(7,10)11-6(3)4;5-3-1-2-4-6/h5-6H,1-4H3,(H,7,10);1-6H2/p-1. The fourth-order valence-electron chi connectivity index (χ4n) is 0.830. The third kappa shape index (κ3) is 19.4. The molecule has 1 atom stereocenters. The van der Waals surface area contributed by atoms with E-state index in [0.29, 0.717) is 0 Å². The Hall–Kier alpha value is 0.840. The van der Waals surface area contributed by atoms with Crippen molar-refractivity contribution in [2.45, 2.75) is 51.9 Å². The van der Waals surface area contributed by atoms with Crippen LogP contribution in [0.5, 0.6) is 0 Å². The van der Waals surface area contributed by atoms with Crippen molar-refractivity contribution in [3.63, 3.8) is 0 Å². The van der Waals surface area contributed by atoms with Gasteiger partial charge in [0.1, 0.15) is 0 Å². The molecule has 0 aromatic rings. The van der Waals surface area contributed by atoms with Crippen molar-refractivity contribution in [3.05, 3.63) is 0 Å². The monoisotopic (exact) mass is 301 g/mol. The first-order chi connectivity index (χ1) is 7.75. The maximum Gasteiger partial charge on any atom is 0.0566 e. The lowest BCUT2D eigenvalue weighted by atomic mass is 10.3. The highest BCUT2D eigenvalue weighted by Gasteiger charge is 2.08. The molecular weight excluding hydrogens is 275 g/mol. The predicted octanol–water partition coefficient (Wildman–Crippen LogP) is 1.82. The lowest BCUT2D eigenvalue weighted by Crippen LogP contribution is -2.08. The molecule has 0 fully saturated rings. The largest absolute Gasteiger partial charge is 0.793 e. The van der Waals surface area contributed by atoms with Gasteiger partial charge in [-0.2, -0.15) is 0 Å². The van der Waals surface area contributed by atoms with Gasteiger partial charge in [0.15, 0.2) is 0 Å². The maximum atomic E-state index is 11.4. The number of nitrogens with two attached hydrogens (primary N) is 2.